The molecule has 0 radical (unpaired) electrons. The van der Waals surface area contributed by atoms with Crippen molar-refractivity contribution in [3.8, 4) is 23.1 Å². The van der Waals surface area contributed by atoms with Crippen LogP contribution in [-0.4, -0.2) is 34.7 Å². The van der Waals surface area contributed by atoms with Crippen molar-refractivity contribution in [1.29, 1.82) is 4.78 Å². The Labute approximate surface area is 149 Å². The minimum absolute atomic E-state index is 0.0845. The minimum atomic E-state index is -3.02. The number of ether oxygens (including phenoxy) is 3. The summed E-state index contributed by atoms with van der Waals surface area (Å²) in [4.78, 5) is 8.29. The van der Waals surface area contributed by atoms with Gasteiger partial charge in [-0.3, -0.25) is 0 Å². The highest BCUT2D eigenvalue weighted by Gasteiger charge is 2.15. The predicted octanol–water partition coefficient (Wildman–Crippen LogP) is 3.61. The fraction of sp³-hybridized carbons (Fsp3) is 0.176. The highest BCUT2D eigenvalue weighted by molar-refractivity contribution is 7.91. The van der Waals surface area contributed by atoms with Gasteiger partial charge >= 0.3 is 0 Å². The molecule has 1 aromatic heterocycles. The highest BCUT2D eigenvalue weighted by atomic mass is 32.2. The van der Waals surface area contributed by atoms with E-state index in [0.29, 0.717) is 22.4 Å². The molecule has 7 nitrogen and oxygen atoms in total. The van der Waals surface area contributed by atoms with Gasteiger partial charge in [-0.2, -0.15) is 0 Å². The Balaban J connectivity index is 2.06. The molecule has 0 bridgehead atoms. The van der Waals surface area contributed by atoms with E-state index in [9.17, 15) is 8.60 Å². The predicted molar refractivity (Wildman–Crippen MR) is 94.2 cm³/mol. The molecule has 0 amide bonds. The zero-order valence-electron chi connectivity index (χ0n) is 14.3. The Morgan fingerprint density at radius 3 is 2.35 bits per heavy atom. The summed E-state index contributed by atoms with van der Waals surface area (Å²) < 4.78 is 49.6. The number of hydrogen-bond donors (Lipinski definition) is 1. The van der Waals surface area contributed by atoms with Crippen LogP contribution < -0.4 is 14.2 Å². The van der Waals surface area contributed by atoms with Crippen molar-refractivity contribution >= 4 is 20.6 Å². The number of halogens is 1. The lowest BCUT2D eigenvalue weighted by atomic mass is 10.2. The molecule has 9 heteroatoms. The van der Waals surface area contributed by atoms with E-state index in [1.165, 1.54) is 38.9 Å². The molecular weight excluding hydrogens is 361 g/mol. The normalized spacial score (nSPS) is 13.2. The molecule has 3 aromatic rings. The molecule has 1 atom stereocenters. The molecule has 1 unspecified atom stereocenters. The van der Waals surface area contributed by atoms with Crippen LogP contribution in [0.3, 0.4) is 0 Å². The first-order valence-corrected chi connectivity index (χ1v) is 9.38. The Bertz CT molecular complexity index is 1090. The molecule has 136 valence electrons. The first kappa shape index (κ1) is 17.9. The number of rotatable bonds is 5. The molecular formula is C17H16FN3O4S. The average Bonchev–Trinajstić information content (AvgIpc) is 2.61. The summed E-state index contributed by atoms with van der Waals surface area (Å²) in [5.74, 6) is 0.234. The van der Waals surface area contributed by atoms with Crippen molar-refractivity contribution in [3.63, 3.8) is 0 Å². The summed E-state index contributed by atoms with van der Waals surface area (Å²) in [6.45, 7) is 0. The Hall–Kier alpha value is -2.94. The van der Waals surface area contributed by atoms with E-state index < -0.39 is 15.5 Å². The minimum Gasteiger partial charge on any atom is -0.493 e. The smallest absolute Gasteiger partial charge is 0.230 e. The quantitative estimate of drug-likeness (QED) is 0.730. The summed E-state index contributed by atoms with van der Waals surface area (Å²) in [5.41, 5.74) is 0.535. The van der Waals surface area contributed by atoms with Crippen LogP contribution in [0.5, 0.6) is 23.1 Å². The lowest BCUT2D eigenvalue weighted by Crippen LogP contribution is -1.98. The lowest BCUT2D eigenvalue weighted by molar-refractivity contribution is 0.355. The third-order valence-electron chi connectivity index (χ3n) is 3.66. The van der Waals surface area contributed by atoms with Crippen molar-refractivity contribution in [1.82, 2.24) is 9.97 Å². The van der Waals surface area contributed by atoms with Gasteiger partial charge < -0.3 is 14.2 Å². The third kappa shape index (κ3) is 3.38. The van der Waals surface area contributed by atoms with E-state index >= 15 is 0 Å². The molecule has 0 aliphatic carbocycles. The fourth-order valence-corrected chi connectivity index (χ4v) is 3.01. The van der Waals surface area contributed by atoms with Crippen molar-refractivity contribution in [2.45, 2.75) is 4.90 Å². The molecule has 0 fully saturated rings. The van der Waals surface area contributed by atoms with Gasteiger partial charge in [0.05, 0.1) is 39.7 Å². The van der Waals surface area contributed by atoms with Gasteiger partial charge in [0.25, 0.3) is 0 Å². The number of nitrogens with zero attached hydrogens (tertiary/aromatic N) is 2. The summed E-state index contributed by atoms with van der Waals surface area (Å²) >= 11 is 0. The SMILES string of the molecule is COc1cc2ncnc(Oc3ccc(S(C)(=N)=O)cc3F)c2cc1OC. The number of aromatic nitrogens is 2. The molecule has 1 heterocycles. The van der Waals surface area contributed by atoms with E-state index in [2.05, 4.69) is 9.97 Å². The molecule has 0 saturated heterocycles. The zero-order chi connectivity index (χ0) is 18.9. The van der Waals surface area contributed by atoms with Crippen LogP contribution in [0.25, 0.3) is 10.9 Å². The van der Waals surface area contributed by atoms with Crippen molar-refractivity contribution in [2.75, 3.05) is 20.5 Å². The second-order valence-electron chi connectivity index (χ2n) is 5.44. The van der Waals surface area contributed by atoms with Crippen LogP contribution in [0.1, 0.15) is 0 Å². The van der Waals surface area contributed by atoms with Crippen LogP contribution in [0.15, 0.2) is 41.6 Å². The molecule has 26 heavy (non-hydrogen) atoms. The molecule has 0 aliphatic rings. The topological polar surface area (TPSA) is 94.4 Å². The number of methoxy groups -OCH3 is 2. The fourth-order valence-electron chi connectivity index (χ4n) is 2.35. The van der Waals surface area contributed by atoms with E-state index in [1.54, 1.807) is 12.1 Å². The second-order valence-corrected chi connectivity index (χ2v) is 7.60. The van der Waals surface area contributed by atoms with Gasteiger partial charge in [-0.05, 0) is 24.3 Å². The number of hydrogen-bond acceptors (Lipinski definition) is 7. The maximum atomic E-state index is 14.3. The van der Waals surface area contributed by atoms with Gasteiger partial charge in [-0.15, -0.1) is 0 Å². The van der Waals surface area contributed by atoms with E-state index in [0.717, 1.165) is 6.07 Å². The van der Waals surface area contributed by atoms with Gasteiger partial charge in [-0.25, -0.2) is 23.3 Å². The van der Waals surface area contributed by atoms with E-state index in [4.69, 9.17) is 19.0 Å². The van der Waals surface area contributed by atoms with Crippen LogP contribution in [0.2, 0.25) is 0 Å². The first-order valence-electron chi connectivity index (χ1n) is 7.41. The largest absolute Gasteiger partial charge is 0.493 e. The van der Waals surface area contributed by atoms with Gasteiger partial charge in [0.15, 0.2) is 23.1 Å². The summed E-state index contributed by atoms with van der Waals surface area (Å²) in [7, 11) is -0.0112. The van der Waals surface area contributed by atoms with Crippen LogP contribution in [0.4, 0.5) is 4.39 Å². The zero-order valence-corrected chi connectivity index (χ0v) is 15.1. The molecule has 1 N–H and O–H groups in total. The van der Waals surface area contributed by atoms with Crippen molar-refractivity contribution in [3.05, 3.63) is 42.5 Å². The molecule has 3 rings (SSSR count). The lowest BCUT2D eigenvalue weighted by Gasteiger charge is -2.12. The van der Waals surface area contributed by atoms with Crippen LogP contribution in [-0.2, 0) is 9.73 Å². The van der Waals surface area contributed by atoms with Gasteiger partial charge in [-0.1, -0.05) is 0 Å². The summed E-state index contributed by atoms with van der Waals surface area (Å²) in [6.07, 6.45) is 2.51. The van der Waals surface area contributed by atoms with E-state index in [-0.39, 0.29) is 16.5 Å². The van der Waals surface area contributed by atoms with Gasteiger partial charge in [0, 0.05) is 12.3 Å². The first-order chi connectivity index (χ1) is 12.3. The van der Waals surface area contributed by atoms with Gasteiger partial charge in [0.2, 0.25) is 5.88 Å². The van der Waals surface area contributed by atoms with Gasteiger partial charge in [0.1, 0.15) is 6.33 Å². The second kappa shape index (κ2) is 6.75. The standard InChI is InChI=1S/C17H16FN3O4S/c1-23-15-7-11-13(8-16(15)24-2)20-9-21-17(11)25-14-5-4-10(6-12(14)18)26(3,19)22/h4-9,19H,1-3H3. The number of fused-ring (bicyclic) bond motifs is 1. The third-order valence-corrected chi connectivity index (χ3v) is 4.82. The molecule has 2 aromatic carbocycles. The number of nitrogens with one attached hydrogen (secondary N) is 1. The van der Waals surface area contributed by atoms with Crippen molar-refractivity contribution in [2.24, 2.45) is 0 Å². The molecule has 0 spiro atoms. The number of benzene rings is 2. The van der Waals surface area contributed by atoms with Crippen LogP contribution in [0, 0.1) is 10.6 Å². The Morgan fingerprint density at radius 1 is 1.04 bits per heavy atom. The molecule has 0 saturated carbocycles. The van der Waals surface area contributed by atoms with E-state index in [1.807, 2.05) is 0 Å². The summed E-state index contributed by atoms with van der Waals surface area (Å²) in [5, 5.41) is 0.508. The Morgan fingerprint density at radius 2 is 1.73 bits per heavy atom. The summed E-state index contributed by atoms with van der Waals surface area (Å²) in [6, 6.07) is 7.03. The monoisotopic (exact) mass is 377 g/mol. The average molecular weight is 377 g/mol. The Kier molecular flexibility index (Phi) is 4.64. The maximum absolute atomic E-state index is 14.3. The highest BCUT2D eigenvalue weighted by Crippen LogP contribution is 2.36. The maximum Gasteiger partial charge on any atom is 0.230 e. The molecule has 0 aliphatic heterocycles. The van der Waals surface area contributed by atoms with Crippen LogP contribution >= 0.6 is 0 Å². The van der Waals surface area contributed by atoms with Crippen molar-refractivity contribution < 1.29 is 22.8 Å².